The maximum absolute atomic E-state index is 5.40. The lowest BCUT2D eigenvalue weighted by atomic mass is 10.2. The minimum Gasteiger partial charge on any atom is -0.403 e. The van der Waals surface area contributed by atoms with Crippen molar-refractivity contribution in [2.75, 3.05) is 11.5 Å². The van der Waals surface area contributed by atoms with Crippen LogP contribution in [0.2, 0.25) is 0 Å². The highest BCUT2D eigenvalue weighted by atomic mass is 32.2. The first-order valence-corrected chi connectivity index (χ1v) is 6.59. The van der Waals surface area contributed by atoms with E-state index in [-0.39, 0.29) is 6.01 Å². The first kappa shape index (κ1) is 9.23. The maximum atomic E-state index is 5.40. The molecule has 78 valence electrons. The molecule has 3 heterocycles. The second kappa shape index (κ2) is 3.53. The first-order chi connectivity index (χ1) is 7.33. The number of nitrogens with zero attached hydrogens (tertiary/aromatic N) is 2. The molecule has 2 aromatic heterocycles. The van der Waals surface area contributed by atoms with Gasteiger partial charge in [0.05, 0.1) is 4.88 Å². The molecule has 1 aliphatic rings. The van der Waals surface area contributed by atoms with Crippen LogP contribution in [0.25, 0.3) is 10.8 Å². The van der Waals surface area contributed by atoms with E-state index in [9.17, 15) is 0 Å². The Morgan fingerprint density at radius 2 is 2.33 bits per heavy atom. The van der Waals surface area contributed by atoms with E-state index >= 15 is 0 Å². The lowest BCUT2D eigenvalue weighted by molar-refractivity contribution is 0.592. The van der Waals surface area contributed by atoms with Crippen molar-refractivity contribution in [2.24, 2.45) is 0 Å². The monoisotopic (exact) mass is 239 g/mol. The van der Waals surface area contributed by atoms with Gasteiger partial charge in [0.25, 0.3) is 5.89 Å². The van der Waals surface area contributed by atoms with Gasteiger partial charge in [0.1, 0.15) is 0 Å². The van der Waals surface area contributed by atoms with Gasteiger partial charge >= 0.3 is 6.01 Å². The molecule has 6 heteroatoms. The normalized spacial score (nSPS) is 15.2. The van der Waals surface area contributed by atoms with Gasteiger partial charge in [0.15, 0.2) is 0 Å². The summed E-state index contributed by atoms with van der Waals surface area (Å²) < 4.78 is 5.21. The Labute approximate surface area is 94.9 Å². The molecule has 4 nitrogen and oxygen atoms in total. The van der Waals surface area contributed by atoms with E-state index in [1.54, 1.807) is 11.3 Å². The Morgan fingerprint density at radius 1 is 1.40 bits per heavy atom. The molecule has 1 aliphatic heterocycles. The van der Waals surface area contributed by atoms with Crippen LogP contribution in [0.15, 0.2) is 10.5 Å². The Balaban J connectivity index is 2.02. The highest BCUT2D eigenvalue weighted by molar-refractivity contribution is 7.98. The van der Waals surface area contributed by atoms with Crippen LogP contribution in [0, 0.1) is 0 Å². The first-order valence-electron chi connectivity index (χ1n) is 4.61. The van der Waals surface area contributed by atoms with Gasteiger partial charge in [-0.25, -0.2) is 0 Å². The summed E-state index contributed by atoms with van der Waals surface area (Å²) in [5, 5.41) is 7.55. The number of anilines is 1. The number of thioether (sulfide) groups is 1. The largest absolute Gasteiger partial charge is 0.403 e. The number of aromatic nitrogens is 2. The summed E-state index contributed by atoms with van der Waals surface area (Å²) in [5.74, 6) is 2.84. The van der Waals surface area contributed by atoms with Gasteiger partial charge in [-0.1, -0.05) is 5.10 Å². The number of thiophene rings is 1. The topological polar surface area (TPSA) is 64.9 Å². The van der Waals surface area contributed by atoms with Crippen LogP contribution in [-0.2, 0) is 12.2 Å². The third-order valence-electron chi connectivity index (χ3n) is 2.28. The van der Waals surface area contributed by atoms with Crippen molar-refractivity contribution in [1.29, 1.82) is 0 Å². The van der Waals surface area contributed by atoms with Gasteiger partial charge in [-0.2, -0.15) is 11.8 Å². The Morgan fingerprint density at radius 3 is 3.07 bits per heavy atom. The summed E-state index contributed by atoms with van der Waals surface area (Å²) in [6.07, 6.45) is 1.15. The Kier molecular flexibility index (Phi) is 2.17. The molecule has 0 aliphatic carbocycles. The molecule has 0 amide bonds. The lowest BCUT2D eigenvalue weighted by Gasteiger charge is -2.08. The van der Waals surface area contributed by atoms with Crippen molar-refractivity contribution in [3.63, 3.8) is 0 Å². The predicted octanol–water partition coefficient (Wildman–Crippen LogP) is 2.17. The highest BCUT2D eigenvalue weighted by Gasteiger charge is 2.17. The average molecular weight is 239 g/mol. The van der Waals surface area contributed by atoms with Crippen molar-refractivity contribution in [2.45, 2.75) is 12.2 Å². The summed E-state index contributed by atoms with van der Waals surface area (Å²) in [7, 11) is 0. The molecule has 0 aromatic carbocycles. The molecule has 0 saturated heterocycles. The lowest BCUT2D eigenvalue weighted by Crippen LogP contribution is -1.96. The van der Waals surface area contributed by atoms with Gasteiger partial charge < -0.3 is 10.2 Å². The third kappa shape index (κ3) is 1.63. The fourth-order valence-electron chi connectivity index (χ4n) is 1.59. The standard InChI is InChI=1S/C9H9N3OS2/c10-9-12-11-8(13-9)7-3-5-4-14-2-1-6(5)15-7/h3H,1-2,4H2,(H2,10,12). The van der Waals surface area contributed by atoms with Crippen LogP contribution < -0.4 is 5.73 Å². The Hall–Kier alpha value is -1.01. The van der Waals surface area contributed by atoms with Gasteiger partial charge in [-0.05, 0) is 23.8 Å². The zero-order valence-electron chi connectivity index (χ0n) is 7.90. The van der Waals surface area contributed by atoms with Gasteiger partial charge in [-0.15, -0.1) is 16.4 Å². The molecule has 0 atom stereocenters. The summed E-state index contributed by atoms with van der Waals surface area (Å²) in [6.45, 7) is 0. The average Bonchev–Trinajstić information content (AvgIpc) is 2.82. The van der Waals surface area contributed by atoms with E-state index in [0.29, 0.717) is 5.89 Å². The molecule has 15 heavy (non-hydrogen) atoms. The van der Waals surface area contributed by atoms with Crippen molar-refractivity contribution in [3.8, 4) is 10.8 Å². The zero-order chi connectivity index (χ0) is 10.3. The van der Waals surface area contributed by atoms with E-state index in [1.807, 2.05) is 11.8 Å². The zero-order valence-corrected chi connectivity index (χ0v) is 9.53. The highest BCUT2D eigenvalue weighted by Crippen LogP contribution is 2.36. The maximum Gasteiger partial charge on any atom is 0.313 e. The predicted molar refractivity (Wildman–Crippen MR) is 61.9 cm³/mol. The van der Waals surface area contributed by atoms with E-state index in [0.717, 1.165) is 17.1 Å². The molecule has 2 N–H and O–H groups in total. The molecule has 0 saturated carbocycles. The van der Waals surface area contributed by atoms with Crippen LogP contribution in [0.4, 0.5) is 6.01 Å². The number of aryl methyl sites for hydroxylation is 1. The molecular formula is C9H9N3OS2. The SMILES string of the molecule is Nc1nnc(-c2cc3c(s2)CCSC3)o1. The van der Waals surface area contributed by atoms with E-state index in [1.165, 1.54) is 16.2 Å². The molecule has 0 bridgehead atoms. The molecule has 2 aromatic rings. The molecule has 3 rings (SSSR count). The van der Waals surface area contributed by atoms with Gasteiger partial charge in [-0.3, -0.25) is 0 Å². The molecule has 0 radical (unpaired) electrons. The quantitative estimate of drug-likeness (QED) is 0.826. The smallest absolute Gasteiger partial charge is 0.313 e. The molecule has 0 unspecified atom stereocenters. The number of nitrogen functional groups attached to an aromatic ring is 1. The number of hydrogen-bond donors (Lipinski definition) is 1. The van der Waals surface area contributed by atoms with Gasteiger partial charge in [0, 0.05) is 10.6 Å². The summed E-state index contributed by atoms with van der Waals surface area (Å²) >= 11 is 3.70. The van der Waals surface area contributed by atoms with Crippen LogP contribution in [0.3, 0.4) is 0 Å². The number of fused-ring (bicyclic) bond motifs is 1. The number of hydrogen-bond acceptors (Lipinski definition) is 6. The van der Waals surface area contributed by atoms with E-state index in [2.05, 4.69) is 16.3 Å². The minimum atomic E-state index is 0.130. The van der Waals surface area contributed by atoms with Gasteiger partial charge in [0.2, 0.25) is 0 Å². The van der Waals surface area contributed by atoms with Crippen LogP contribution in [0.1, 0.15) is 10.4 Å². The van der Waals surface area contributed by atoms with Crippen LogP contribution in [-0.4, -0.2) is 16.0 Å². The van der Waals surface area contributed by atoms with E-state index in [4.69, 9.17) is 10.2 Å². The van der Waals surface area contributed by atoms with Crippen molar-refractivity contribution < 1.29 is 4.42 Å². The fraction of sp³-hybridized carbons (Fsp3) is 0.333. The van der Waals surface area contributed by atoms with Crippen molar-refractivity contribution in [3.05, 3.63) is 16.5 Å². The second-order valence-corrected chi connectivity index (χ2v) is 5.55. The Bertz CT molecular complexity index is 468. The fourth-order valence-corrected chi connectivity index (χ4v) is 3.88. The summed E-state index contributed by atoms with van der Waals surface area (Å²) in [5.41, 5.74) is 6.80. The third-order valence-corrected chi connectivity index (χ3v) is 4.51. The molecule has 0 fully saturated rings. The van der Waals surface area contributed by atoms with Crippen LogP contribution >= 0.6 is 23.1 Å². The molecule has 0 spiro atoms. The summed E-state index contributed by atoms with van der Waals surface area (Å²) in [6, 6.07) is 2.27. The second-order valence-electron chi connectivity index (χ2n) is 3.31. The van der Waals surface area contributed by atoms with Crippen molar-refractivity contribution in [1.82, 2.24) is 10.2 Å². The van der Waals surface area contributed by atoms with Crippen LogP contribution in [0.5, 0.6) is 0 Å². The number of rotatable bonds is 1. The molecular weight excluding hydrogens is 230 g/mol. The summed E-state index contributed by atoms with van der Waals surface area (Å²) in [4.78, 5) is 2.48. The van der Waals surface area contributed by atoms with Crippen molar-refractivity contribution >= 4 is 29.1 Å². The van der Waals surface area contributed by atoms with E-state index < -0.39 is 0 Å². The number of nitrogens with two attached hydrogens (primary N) is 1. The minimum absolute atomic E-state index is 0.130.